The van der Waals surface area contributed by atoms with Crippen molar-refractivity contribution in [3.05, 3.63) is 35.4 Å². The van der Waals surface area contributed by atoms with E-state index in [9.17, 15) is 0 Å². The molecule has 1 aromatic carbocycles. The van der Waals surface area contributed by atoms with Crippen LogP contribution in [0.4, 0.5) is 0 Å². The fraction of sp³-hybridized carbons (Fsp3) is 0.619. The molecule has 1 aromatic rings. The van der Waals surface area contributed by atoms with E-state index in [-0.39, 0.29) is 0 Å². The van der Waals surface area contributed by atoms with E-state index in [1.807, 2.05) is 33.8 Å². The van der Waals surface area contributed by atoms with Crippen LogP contribution in [-0.2, 0) is 0 Å². The molecule has 2 unspecified atom stereocenters. The Morgan fingerprint density at radius 2 is 1.75 bits per heavy atom. The van der Waals surface area contributed by atoms with E-state index in [1.54, 1.807) is 14.2 Å². The normalized spacial score (nSPS) is 21.8. The summed E-state index contributed by atoms with van der Waals surface area (Å²) in [4.78, 5) is 2.51. The minimum Gasteiger partial charge on any atom is -0.493 e. The fourth-order valence-electron chi connectivity index (χ4n) is 3.56. The van der Waals surface area contributed by atoms with E-state index in [0.29, 0.717) is 0 Å². The van der Waals surface area contributed by atoms with Gasteiger partial charge in [-0.25, -0.2) is 0 Å². The molecule has 0 radical (unpaired) electrons. The number of benzene rings is 1. The van der Waals surface area contributed by atoms with Gasteiger partial charge in [0.15, 0.2) is 11.5 Å². The lowest BCUT2D eigenvalue weighted by Gasteiger charge is -2.25. The van der Waals surface area contributed by atoms with Crippen molar-refractivity contribution in [1.82, 2.24) is 4.90 Å². The molecule has 2 aliphatic rings. The second-order valence-electron chi connectivity index (χ2n) is 6.32. The molecule has 0 bridgehead atoms. The largest absolute Gasteiger partial charge is 0.493 e. The second-order valence-corrected chi connectivity index (χ2v) is 6.32. The zero-order valence-electron chi connectivity index (χ0n) is 16.6. The van der Waals surface area contributed by atoms with Crippen molar-refractivity contribution in [1.29, 1.82) is 0 Å². The fourth-order valence-corrected chi connectivity index (χ4v) is 3.56. The maximum atomic E-state index is 5.20. The summed E-state index contributed by atoms with van der Waals surface area (Å²) in [7, 11) is 5.56. The third kappa shape index (κ3) is 5.27. The molecule has 136 valence electrons. The van der Waals surface area contributed by atoms with Gasteiger partial charge in [-0.3, -0.25) is 0 Å². The number of methoxy groups -OCH3 is 2. The number of nitrogens with zero attached hydrogens (tertiary/aromatic N) is 1. The van der Waals surface area contributed by atoms with E-state index < -0.39 is 0 Å². The van der Waals surface area contributed by atoms with Gasteiger partial charge in [0.1, 0.15) is 0 Å². The third-order valence-electron chi connectivity index (χ3n) is 4.70. The van der Waals surface area contributed by atoms with Crippen molar-refractivity contribution in [2.75, 3.05) is 27.8 Å². The summed E-state index contributed by atoms with van der Waals surface area (Å²) in [5.41, 5.74) is 2.29. The van der Waals surface area contributed by atoms with Crippen LogP contribution in [0.25, 0.3) is 0 Å². The number of fused-ring (bicyclic) bond motifs is 1. The lowest BCUT2D eigenvalue weighted by Crippen LogP contribution is -2.29. The number of ether oxygens (including phenoxy) is 2. The van der Waals surface area contributed by atoms with Crippen LogP contribution in [-0.4, -0.2) is 38.8 Å². The highest BCUT2D eigenvalue weighted by Gasteiger charge is 2.30. The number of hydrogen-bond acceptors (Lipinski definition) is 3. The van der Waals surface area contributed by atoms with Crippen LogP contribution in [0, 0.1) is 19.8 Å². The van der Waals surface area contributed by atoms with Gasteiger partial charge in [-0.15, -0.1) is 0 Å². The van der Waals surface area contributed by atoms with Gasteiger partial charge in [-0.2, -0.15) is 0 Å². The monoisotopic (exact) mass is 333 g/mol. The van der Waals surface area contributed by atoms with E-state index in [4.69, 9.17) is 9.47 Å². The first-order valence-corrected chi connectivity index (χ1v) is 9.13. The molecule has 0 amide bonds. The van der Waals surface area contributed by atoms with Crippen LogP contribution >= 0.6 is 0 Å². The van der Waals surface area contributed by atoms with Gasteiger partial charge in [0.25, 0.3) is 0 Å². The van der Waals surface area contributed by atoms with E-state index >= 15 is 0 Å². The van der Waals surface area contributed by atoms with Gasteiger partial charge in [0, 0.05) is 6.04 Å². The summed E-state index contributed by atoms with van der Waals surface area (Å²) >= 11 is 0. The summed E-state index contributed by atoms with van der Waals surface area (Å²) in [6.07, 6.45) is 8.83. The molecule has 0 spiro atoms. The smallest absolute Gasteiger partial charge is 0.163 e. The topological polar surface area (TPSA) is 21.7 Å². The van der Waals surface area contributed by atoms with Crippen molar-refractivity contribution in [3.8, 4) is 11.5 Å². The third-order valence-corrected chi connectivity index (χ3v) is 4.70. The van der Waals surface area contributed by atoms with Gasteiger partial charge < -0.3 is 14.4 Å². The van der Waals surface area contributed by atoms with Crippen molar-refractivity contribution in [2.45, 2.75) is 53.0 Å². The Bertz CT molecular complexity index is 525. The van der Waals surface area contributed by atoms with Crippen LogP contribution in [0.15, 0.2) is 24.3 Å². The molecule has 1 saturated heterocycles. The zero-order chi connectivity index (χ0) is 18.1. The van der Waals surface area contributed by atoms with Gasteiger partial charge >= 0.3 is 0 Å². The van der Waals surface area contributed by atoms with Crippen molar-refractivity contribution in [2.24, 2.45) is 5.92 Å². The first-order chi connectivity index (χ1) is 11.6. The number of aryl methyl sites for hydroxylation is 2. The summed E-state index contributed by atoms with van der Waals surface area (Å²) < 4.78 is 10.4. The maximum absolute atomic E-state index is 5.20. The van der Waals surface area contributed by atoms with Crippen LogP contribution in [0.1, 0.15) is 44.2 Å². The molecule has 24 heavy (non-hydrogen) atoms. The minimum atomic E-state index is 0.801. The molecule has 1 aliphatic carbocycles. The Morgan fingerprint density at radius 1 is 1.04 bits per heavy atom. The average molecular weight is 334 g/mol. The highest BCUT2D eigenvalue weighted by Crippen LogP contribution is 2.31. The average Bonchev–Trinajstić information content (AvgIpc) is 2.98. The van der Waals surface area contributed by atoms with Gasteiger partial charge in [0.2, 0.25) is 0 Å². The Labute approximate surface area is 148 Å². The standard InChI is InChI=1S/C10H14O2.C9H15N.C2H6/c1-7-5-8(2)10(12-4)9(6-7)11-3;1-10-7-6-8-4-2-3-5-9(8)10;1-2/h5-6H,1-4H3;2,4,8-9H,3,5-7H2,1H3;1-2H3. The zero-order valence-corrected chi connectivity index (χ0v) is 16.6. The van der Waals surface area contributed by atoms with E-state index in [2.05, 4.69) is 30.2 Å². The predicted molar refractivity (Wildman–Crippen MR) is 103 cm³/mol. The first kappa shape index (κ1) is 20.6. The molecule has 3 heteroatoms. The molecule has 0 aromatic heterocycles. The SMILES string of the molecule is CC.CN1CCC2C=CCCC21.COc1cc(C)cc(C)c1OC. The highest BCUT2D eigenvalue weighted by atomic mass is 16.5. The lowest BCUT2D eigenvalue weighted by atomic mass is 9.91. The van der Waals surface area contributed by atoms with Crippen LogP contribution in [0.2, 0.25) is 0 Å². The van der Waals surface area contributed by atoms with Crippen LogP contribution < -0.4 is 9.47 Å². The van der Waals surface area contributed by atoms with Crippen molar-refractivity contribution < 1.29 is 9.47 Å². The maximum Gasteiger partial charge on any atom is 0.163 e. The summed E-state index contributed by atoms with van der Waals surface area (Å²) in [5.74, 6) is 2.51. The molecule has 0 saturated carbocycles. The lowest BCUT2D eigenvalue weighted by molar-refractivity contribution is 0.270. The van der Waals surface area contributed by atoms with Gasteiger partial charge in [-0.05, 0) is 69.8 Å². The molecule has 1 fully saturated rings. The molecular formula is C21H35NO2. The second kappa shape index (κ2) is 10.4. The van der Waals surface area contributed by atoms with Gasteiger partial charge in [-0.1, -0.05) is 32.1 Å². The Hall–Kier alpha value is -1.48. The summed E-state index contributed by atoms with van der Waals surface area (Å²) in [5, 5.41) is 0. The Kier molecular flexibility index (Phi) is 8.91. The van der Waals surface area contributed by atoms with E-state index in [0.717, 1.165) is 29.0 Å². The molecule has 3 rings (SSSR count). The molecule has 3 nitrogen and oxygen atoms in total. The quantitative estimate of drug-likeness (QED) is 0.711. The Morgan fingerprint density at radius 3 is 2.33 bits per heavy atom. The van der Waals surface area contributed by atoms with Gasteiger partial charge in [0.05, 0.1) is 14.2 Å². The van der Waals surface area contributed by atoms with Crippen molar-refractivity contribution in [3.63, 3.8) is 0 Å². The number of rotatable bonds is 2. The molecule has 2 atom stereocenters. The number of allylic oxidation sites excluding steroid dienone is 1. The Balaban J connectivity index is 0.000000220. The van der Waals surface area contributed by atoms with E-state index in [1.165, 1.54) is 31.4 Å². The molecule has 0 N–H and O–H groups in total. The molecule has 1 heterocycles. The number of likely N-dealkylation sites (tertiary alicyclic amines) is 1. The van der Waals surface area contributed by atoms with Crippen LogP contribution in [0.5, 0.6) is 11.5 Å². The summed E-state index contributed by atoms with van der Waals surface area (Å²) in [6, 6.07) is 4.91. The minimum absolute atomic E-state index is 0.801. The predicted octanol–water partition coefficient (Wildman–Crippen LogP) is 5.00. The summed E-state index contributed by atoms with van der Waals surface area (Å²) in [6.45, 7) is 9.35. The molecular weight excluding hydrogens is 298 g/mol. The van der Waals surface area contributed by atoms with Crippen molar-refractivity contribution >= 4 is 0 Å². The molecule has 1 aliphatic heterocycles. The highest BCUT2D eigenvalue weighted by molar-refractivity contribution is 5.48. The first-order valence-electron chi connectivity index (χ1n) is 9.13. The van der Waals surface area contributed by atoms with Crippen LogP contribution in [0.3, 0.4) is 0 Å². The number of hydrogen-bond donors (Lipinski definition) is 0.